The maximum absolute atomic E-state index is 4.44. The van der Waals surface area contributed by atoms with E-state index in [2.05, 4.69) is 64.5 Å². The fraction of sp³-hybridized carbons (Fsp3) is 0.562. The van der Waals surface area contributed by atoms with Gasteiger partial charge in [0.1, 0.15) is 0 Å². The summed E-state index contributed by atoms with van der Waals surface area (Å²) in [5, 5.41) is 12.7. The first kappa shape index (κ1) is 14.2. The molecule has 1 saturated heterocycles. The molecule has 1 fully saturated rings. The Bertz CT molecular complexity index is 563. The van der Waals surface area contributed by atoms with E-state index in [9.17, 15) is 0 Å². The number of benzene rings is 1. The lowest BCUT2D eigenvalue weighted by Crippen LogP contribution is -2.26. The Morgan fingerprint density at radius 3 is 2.76 bits per heavy atom. The summed E-state index contributed by atoms with van der Waals surface area (Å²) in [7, 11) is 0. The van der Waals surface area contributed by atoms with Gasteiger partial charge in [-0.1, -0.05) is 30.3 Å². The predicted molar refractivity (Wildman–Crippen MR) is 81.9 cm³/mol. The van der Waals surface area contributed by atoms with Gasteiger partial charge >= 0.3 is 0 Å². The zero-order valence-electron chi connectivity index (χ0n) is 12.8. The molecule has 0 bridgehead atoms. The van der Waals surface area contributed by atoms with E-state index in [4.69, 9.17) is 0 Å². The van der Waals surface area contributed by atoms with E-state index < -0.39 is 0 Å². The van der Waals surface area contributed by atoms with Crippen LogP contribution in [0.5, 0.6) is 0 Å². The maximum Gasteiger partial charge on any atom is 0.176 e. The summed E-state index contributed by atoms with van der Waals surface area (Å²) in [6.07, 6.45) is 3.39. The summed E-state index contributed by atoms with van der Waals surface area (Å²) in [5.41, 5.74) is 1.42. The molecule has 2 aromatic rings. The first-order valence-electron chi connectivity index (χ1n) is 7.81. The Kier molecular flexibility index (Phi) is 4.29. The van der Waals surface area contributed by atoms with Crippen LogP contribution in [0.15, 0.2) is 30.3 Å². The maximum atomic E-state index is 4.44. The van der Waals surface area contributed by atoms with Crippen LogP contribution in [0.1, 0.15) is 50.2 Å². The monoisotopic (exact) mass is 285 g/mol. The minimum atomic E-state index is 0.273. The minimum Gasteiger partial charge on any atom is -0.296 e. The van der Waals surface area contributed by atoms with Crippen LogP contribution in [-0.4, -0.2) is 38.2 Å². The molecule has 5 heteroatoms. The Balaban J connectivity index is 1.61. The molecular formula is C16H23N5. The third-order valence-electron chi connectivity index (χ3n) is 4.10. The van der Waals surface area contributed by atoms with Gasteiger partial charge in [0, 0.05) is 19.0 Å². The first-order chi connectivity index (χ1) is 10.2. The van der Waals surface area contributed by atoms with Crippen molar-refractivity contribution >= 4 is 0 Å². The van der Waals surface area contributed by atoms with E-state index >= 15 is 0 Å². The van der Waals surface area contributed by atoms with E-state index in [0.29, 0.717) is 6.04 Å². The lowest BCUT2D eigenvalue weighted by Gasteiger charge is -2.24. The molecule has 0 N–H and O–H groups in total. The molecule has 2 heterocycles. The summed E-state index contributed by atoms with van der Waals surface area (Å²) in [6, 6.07) is 11.6. The summed E-state index contributed by atoms with van der Waals surface area (Å²) < 4.78 is 0. The van der Waals surface area contributed by atoms with Gasteiger partial charge in [-0.05, 0) is 44.0 Å². The second kappa shape index (κ2) is 6.35. The number of aromatic nitrogens is 4. The highest BCUT2D eigenvalue weighted by molar-refractivity contribution is 5.20. The summed E-state index contributed by atoms with van der Waals surface area (Å²) in [6.45, 7) is 6.30. The van der Waals surface area contributed by atoms with Gasteiger partial charge in [0.25, 0.3) is 0 Å². The summed E-state index contributed by atoms with van der Waals surface area (Å²) >= 11 is 0. The summed E-state index contributed by atoms with van der Waals surface area (Å²) in [4.78, 5) is 4.24. The molecule has 112 valence electrons. The second-order valence-electron chi connectivity index (χ2n) is 5.97. The zero-order valence-corrected chi connectivity index (χ0v) is 12.8. The fourth-order valence-corrected chi connectivity index (χ4v) is 2.96. The third kappa shape index (κ3) is 3.29. The van der Waals surface area contributed by atoms with Crippen LogP contribution in [0.3, 0.4) is 0 Å². The van der Waals surface area contributed by atoms with Crippen molar-refractivity contribution in [1.82, 2.24) is 25.1 Å². The van der Waals surface area contributed by atoms with Crippen molar-refractivity contribution < 1.29 is 0 Å². The molecule has 0 unspecified atom stereocenters. The third-order valence-corrected chi connectivity index (χ3v) is 4.10. The lowest BCUT2D eigenvalue weighted by molar-refractivity contribution is 0.258. The average Bonchev–Trinajstić information content (AvgIpc) is 3.15. The molecule has 0 spiro atoms. The largest absolute Gasteiger partial charge is 0.296 e. The minimum absolute atomic E-state index is 0.273. The molecule has 0 amide bonds. The van der Waals surface area contributed by atoms with Crippen molar-refractivity contribution in [1.29, 1.82) is 0 Å². The zero-order chi connectivity index (χ0) is 14.7. The molecule has 1 aliphatic rings. The SMILES string of the molecule is CC(C)n1nnc(CCN2CCC[C@H]2c2ccccc2)n1. The molecular weight excluding hydrogens is 262 g/mol. The van der Waals surface area contributed by atoms with Crippen LogP contribution in [0.2, 0.25) is 0 Å². The number of tetrazole rings is 1. The molecule has 0 aliphatic carbocycles. The Labute approximate surface area is 126 Å². The molecule has 0 saturated carbocycles. The van der Waals surface area contributed by atoms with E-state index in [-0.39, 0.29) is 6.04 Å². The van der Waals surface area contributed by atoms with Gasteiger partial charge in [0.2, 0.25) is 0 Å². The standard InChI is InChI=1S/C16H23N5/c1-13(2)21-18-16(17-19-21)10-12-20-11-6-9-15(20)14-7-4-3-5-8-14/h3-5,7-8,13,15H,6,9-12H2,1-2H3/t15-/m0/s1. The number of likely N-dealkylation sites (tertiary alicyclic amines) is 1. The number of hydrogen-bond donors (Lipinski definition) is 0. The molecule has 1 atom stereocenters. The van der Waals surface area contributed by atoms with Gasteiger partial charge in [-0.25, -0.2) is 0 Å². The van der Waals surface area contributed by atoms with Gasteiger partial charge in [0.05, 0.1) is 6.04 Å². The highest BCUT2D eigenvalue weighted by Crippen LogP contribution is 2.31. The van der Waals surface area contributed by atoms with Crippen LogP contribution in [0.4, 0.5) is 0 Å². The van der Waals surface area contributed by atoms with Gasteiger partial charge in [-0.2, -0.15) is 4.80 Å². The van der Waals surface area contributed by atoms with Crippen LogP contribution >= 0.6 is 0 Å². The van der Waals surface area contributed by atoms with Crippen LogP contribution in [0, 0.1) is 0 Å². The van der Waals surface area contributed by atoms with Crippen molar-refractivity contribution in [2.24, 2.45) is 0 Å². The van der Waals surface area contributed by atoms with Crippen molar-refractivity contribution in [2.75, 3.05) is 13.1 Å². The molecule has 21 heavy (non-hydrogen) atoms. The van der Waals surface area contributed by atoms with Crippen LogP contribution in [-0.2, 0) is 6.42 Å². The Morgan fingerprint density at radius 2 is 2.05 bits per heavy atom. The van der Waals surface area contributed by atoms with Crippen LogP contribution < -0.4 is 0 Å². The van der Waals surface area contributed by atoms with Crippen LogP contribution in [0.25, 0.3) is 0 Å². The highest BCUT2D eigenvalue weighted by atomic mass is 15.6. The van der Waals surface area contributed by atoms with Crippen molar-refractivity contribution in [3.63, 3.8) is 0 Å². The van der Waals surface area contributed by atoms with E-state index in [1.807, 2.05) is 0 Å². The first-order valence-corrected chi connectivity index (χ1v) is 7.81. The smallest absolute Gasteiger partial charge is 0.176 e. The molecule has 3 rings (SSSR count). The van der Waals surface area contributed by atoms with Gasteiger partial charge in [-0.15, -0.1) is 10.2 Å². The Hall–Kier alpha value is -1.75. The van der Waals surface area contributed by atoms with Crippen molar-refractivity contribution in [2.45, 2.75) is 45.2 Å². The van der Waals surface area contributed by atoms with E-state index in [1.54, 1.807) is 4.80 Å². The number of hydrogen-bond acceptors (Lipinski definition) is 4. The van der Waals surface area contributed by atoms with Crippen molar-refractivity contribution in [3.05, 3.63) is 41.7 Å². The number of rotatable bonds is 5. The molecule has 5 nitrogen and oxygen atoms in total. The van der Waals surface area contributed by atoms with E-state index in [1.165, 1.54) is 18.4 Å². The number of nitrogens with zero attached hydrogens (tertiary/aromatic N) is 5. The predicted octanol–water partition coefficient (Wildman–Crippen LogP) is 2.63. The fourth-order valence-electron chi connectivity index (χ4n) is 2.96. The normalized spacial score (nSPS) is 19.5. The van der Waals surface area contributed by atoms with E-state index in [0.717, 1.165) is 25.3 Å². The van der Waals surface area contributed by atoms with Crippen molar-refractivity contribution in [3.8, 4) is 0 Å². The second-order valence-corrected chi connectivity index (χ2v) is 5.97. The quantitative estimate of drug-likeness (QED) is 0.847. The molecule has 0 radical (unpaired) electrons. The van der Waals surface area contributed by atoms with Gasteiger partial charge in [0.15, 0.2) is 5.82 Å². The molecule has 1 aliphatic heterocycles. The van der Waals surface area contributed by atoms with Gasteiger partial charge in [-0.3, -0.25) is 4.90 Å². The van der Waals surface area contributed by atoms with Gasteiger partial charge < -0.3 is 0 Å². The topological polar surface area (TPSA) is 46.8 Å². The average molecular weight is 285 g/mol. The summed E-state index contributed by atoms with van der Waals surface area (Å²) in [5.74, 6) is 0.849. The highest BCUT2D eigenvalue weighted by Gasteiger charge is 2.25. The molecule has 1 aromatic heterocycles. The Morgan fingerprint density at radius 1 is 1.24 bits per heavy atom. The molecule has 1 aromatic carbocycles. The lowest BCUT2D eigenvalue weighted by atomic mass is 10.0.